The monoisotopic (exact) mass is 278 g/mol. The number of hydrogen-bond acceptors (Lipinski definition) is 5. The van der Waals surface area contributed by atoms with Gasteiger partial charge >= 0.3 is 0 Å². The summed E-state index contributed by atoms with van der Waals surface area (Å²) in [6.45, 7) is 0.519. The molecule has 1 fully saturated rings. The Labute approximate surface area is 104 Å². The number of anilines is 1. The number of thiophene rings is 1. The number of nitrogens with two attached hydrogens (primary N) is 1. The fourth-order valence-electron chi connectivity index (χ4n) is 1.55. The fourth-order valence-corrected chi connectivity index (χ4v) is 5.06. The Morgan fingerprint density at radius 3 is 2.94 bits per heavy atom. The third-order valence-electron chi connectivity index (χ3n) is 2.39. The number of nitrogen functional groups attached to an aromatic ring is 1. The van der Waals surface area contributed by atoms with Gasteiger partial charge in [0, 0.05) is 22.9 Å². The van der Waals surface area contributed by atoms with E-state index >= 15 is 0 Å². The van der Waals surface area contributed by atoms with Crippen molar-refractivity contribution in [3.8, 4) is 0 Å². The first-order chi connectivity index (χ1) is 7.58. The number of sulfonamides is 1. The summed E-state index contributed by atoms with van der Waals surface area (Å²) >= 11 is 2.99. The van der Waals surface area contributed by atoms with Gasteiger partial charge < -0.3 is 5.73 Å². The summed E-state index contributed by atoms with van der Waals surface area (Å²) < 4.78 is 26.6. The molecule has 16 heavy (non-hydrogen) atoms. The first kappa shape index (κ1) is 12.2. The molecule has 1 unspecified atom stereocenters. The van der Waals surface area contributed by atoms with Crippen LogP contribution in [0.25, 0.3) is 0 Å². The van der Waals surface area contributed by atoms with Gasteiger partial charge in [-0.1, -0.05) is 0 Å². The number of nitrogens with one attached hydrogen (secondary N) is 1. The van der Waals surface area contributed by atoms with E-state index in [1.807, 2.05) is 11.8 Å². The van der Waals surface area contributed by atoms with Crippen molar-refractivity contribution in [1.82, 2.24) is 4.72 Å². The molecule has 0 aliphatic carbocycles. The highest BCUT2D eigenvalue weighted by molar-refractivity contribution is 8.00. The molecule has 1 aromatic rings. The van der Waals surface area contributed by atoms with Crippen molar-refractivity contribution < 1.29 is 8.42 Å². The van der Waals surface area contributed by atoms with Gasteiger partial charge in [0.25, 0.3) is 0 Å². The van der Waals surface area contributed by atoms with E-state index in [9.17, 15) is 8.42 Å². The molecule has 1 atom stereocenters. The predicted octanol–water partition coefficient (Wildman–Crippen LogP) is 1.50. The second-order valence-corrected chi connectivity index (χ2v) is 8.00. The zero-order chi connectivity index (χ0) is 11.6. The predicted molar refractivity (Wildman–Crippen MR) is 69.4 cm³/mol. The van der Waals surface area contributed by atoms with E-state index in [2.05, 4.69) is 4.72 Å². The molecule has 0 aromatic carbocycles. The molecule has 1 aromatic heterocycles. The standard InChI is InChI=1S/C9H14N2O2S3/c10-7-4-9(15-6-7)16(12,13)11-5-8-2-1-3-14-8/h4,6,8,11H,1-3,5,10H2. The third-order valence-corrected chi connectivity index (χ3v) is 6.67. The second-order valence-electron chi connectivity index (χ2n) is 3.69. The molecule has 0 saturated carbocycles. The average Bonchev–Trinajstić information content (AvgIpc) is 2.85. The van der Waals surface area contributed by atoms with Crippen molar-refractivity contribution in [2.75, 3.05) is 18.0 Å². The van der Waals surface area contributed by atoms with Crippen LogP contribution >= 0.6 is 23.1 Å². The minimum Gasteiger partial charge on any atom is -0.398 e. The van der Waals surface area contributed by atoms with Gasteiger partial charge in [-0.3, -0.25) is 0 Å². The molecule has 7 heteroatoms. The van der Waals surface area contributed by atoms with Crippen LogP contribution in [0.2, 0.25) is 0 Å². The van der Waals surface area contributed by atoms with Gasteiger partial charge in [0.15, 0.2) is 0 Å². The number of rotatable bonds is 4. The zero-order valence-electron chi connectivity index (χ0n) is 8.68. The molecule has 0 spiro atoms. The van der Waals surface area contributed by atoms with E-state index in [0.29, 0.717) is 21.7 Å². The summed E-state index contributed by atoms with van der Waals surface area (Å²) in [5, 5.41) is 2.06. The van der Waals surface area contributed by atoms with Crippen LogP contribution in [0, 0.1) is 0 Å². The minimum atomic E-state index is -3.35. The molecule has 1 saturated heterocycles. The summed E-state index contributed by atoms with van der Waals surface area (Å²) in [4.78, 5) is 0. The van der Waals surface area contributed by atoms with Crippen molar-refractivity contribution in [2.45, 2.75) is 22.3 Å². The molecule has 2 rings (SSSR count). The lowest BCUT2D eigenvalue weighted by atomic mass is 10.2. The maximum Gasteiger partial charge on any atom is 0.250 e. The second kappa shape index (κ2) is 4.95. The normalized spacial score (nSPS) is 21.4. The van der Waals surface area contributed by atoms with Crippen LogP contribution in [0.4, 0.5) is 5.69 Å². The lowest BCUT2D eigenvalue weighted by Gasteiger charge is -2.09. The lowest BCUT2D eigenvalue weighted by molar-refractivity contribution is 0.581. The van der Waals surface area contributed by atoms with E-state index in [-0.39, 0.29) is 0 Å². The van der Waals surface area contributed by atoms with Crippen LogP contribution < -0.4 is 10.5 Å². The minimum absolute atomic E-state index is 0.299. The van der Waals surface area contributed by atoms with Gasteiger partial charge in [0.05, 0.1) is 0 Å². The average molecular weight is 278 g/mol. The highest BCUT2D eigenvalue weighted by Gasteiger charge is 2.21. The largest absolute Gasteiger partial charge is 0.398 e. The Hall–Kier alpha value is -0.240. The van der Waals surface area contributed by atoms with Crippen LogP contribution in [-0.2, 0) is 10.0 Å². The maximum atomic E-state index is 11.8. The number of hydrogen-bond donors (Lipinski definition) is 2. The molecular weight excluding hydrogens is 264 g/mol. The van der Waals surface area contributed by atoms with Crippen molar-refractivity contribution in [2.24, 2.45) is 0 Å². The van der Waals surface area contributed by atoms with Crippen molar-refractivity contribution >= 4 is 38.8 Å². The molecule has 3 N–H and O–H groups in total. The molecule has 2 heterocycles. The molecule has 1 aliphatic heterocycles. The van der Waals surface area contributed by atoms with E-state index in [0.717, 1.165) is 23.5 Å². The van der Waals surface area contributed by atoms with E-state index in [4.69, 9.17) is 5.73 Å². The van der Waals surface area contributed by atoms with Crippen LogP contribution in [-0.4, -0.2) is 26.0 Å². The van der Waals surface area contributed by atoms with E-state index < -0.39 is 10.0 Å². The van der Waals surface area contributed by atoms with Crippen LogP contribution in [0.5, 0.6) is 0 Å². The molecular formula is C9H14N2O2S3. The van der Waals surface area contributed by atoms with Crippen molar-refractivity contribution in [3.63, 3.8) is 0 Å². The topological polar surface area (TPSA) is 72.2 Å². The lowest BCUT2D eigenvalue weighted by Crippen LogP contribution is -2.29. The summed E-state index contributed by atoms with van der Waals surface area (Å²) in [5.74, 6) is 1.14. The third kappa shape index (κ3) is 2.91. The Bertz CT molecular complexity index is 449. The molecule has 0 amide bonds. The summed E-state index contributed by atoms with van der Waals surface area (Å²) in [7, 11) is -3.35. The quantitative estimate of drug-likeness (QED) is 0.875. The van der Waals surface area contributed by atoms with Gasteiger partial charge in [-0.25, -0.2) is 13.1 Å². The molecule has 4 nitrogen and oxygen atoms in total. The summed E-state index contributed by atoms with van der Waals surface area (Å²) in [6.07, 6.45) is 2.28. The smallest absolute Gasteiger partial charge is 0.250 e. The first-order valence-electron chi connectivity index (χ1n) is 5.03. The van der Waals surface area contributed by atoms with Gasteiger partial charge in [-0.05, 0) is 24.7 Å². The fraction of sp³-hybridized carbons (Fsp3) is 0.556. The van der Waals surface area contributed by atoms with Gasteiger partial charge in [-0.2, -0.15) is 11.8 Å². The summed E-state index contributed by atoms with van der Waals surface area (Å²) in [5.41, 5.74) is 6.01. The molecule has 0 radical (unpaired) electrons. The van der Waals surface area contributed by atoms with Gasteiger partial charge in [-0.15, -0.1) is 11.3 Å². The Morgan fingerprint density at radius 2 is 2.38 bits per heavy atom. The van der Waals surface area contributed by atoms with Crippen LogP contribution in [0.3, 0.4) is 0 Å². The molecule has 0 bridgehead atoms. The van der Waals surface area contributed by atoms with Crippen LogP contribution in [0.1, 0.15) is 12.8 Å². The van der Waals surface area contributed by atoms with Gasteiger partial charge in [0.1, 0.15) is 4.21 Å². The maximum absolute atomic E-state index is 11.8. The van der Waals surface area contributed by atoms with E-state index in [1.165, 1.54) is 12.5 Å². The highest BCUT2D eigenvalue weighted by Crippen LogP contribution is 2.26. The zero-order valence-corrected chi connectivity index (χ0v) is 11.1. The number of thioether (sulfide) groups is 1. The van der Waals surface area contributed by atoms with Crippen molar-refractivity contribution in [1.29, 1.82) is 0 Å². The molecule has 90 valence electrons. The Kier molecular flexibility index (Phi) is 3.78. The van der Waals surface area contributed by atoms with E-state index in [1.54, 1.807) is 5.38 Å². The van der Waals surface area contributed by atoms with Crippen molar-refractivity contribution in [3.05, 3.63) is 11.4 Å². The van der Waals surface area contributed by atoms with Crippen LogP contribution in [0.15, 0.2) is 15.7 Å². The highest BCUT2D eigenvalue weighted by atomic mass is 32.2. The first-order valence-corrected chi connectivity index (χ1v) is 8.44. The Morgan fingerprint density at radius 1 is 1.56 bits per heavy atom. The summed E-state index contributed by atoms with van der Waals surface area (Å²) in [6, 6.07) is 1.49. The SMILES string of the molecule is Nc1csc(S(=O)(=O)NCC2CCCS2)c1. The van der Waals surface area contributed by atoms with Gasteiger partial charge in [0.2, 0.25) is 10.0 Å². The molecule has 1 aliphatic rings. The Balaban J connectivity index is 1.97.